The summed E-state index contributed by atoms with van der Waals surface area (Å²) in [6, 6.07) is 3.92. The van der Waals surface area contributed by atoms with Crippen LogP contribution in [0.1, 0.15) is 48.7 Å². The number of aromatic nitrogens is 1. The molecule has 0 radical (unpaired) electrons. The minimum absolute atomic E-state index is 0.113. The first-order valence-corrected chi connectivity index (χ1v) is 8.09. The number of carboxylic acids is 1. The standard InChI is InChI=1S/C18H27N3O2/c1-18(2,3)13-9-14-12(5-7-20)11-21(8-4-6-19)16(14)15(10-13)17(22)23/h9-11H,4-8,19-20H2,1-3H3,(H,22,23). The SMILES string of the molecule is CC(C)(C)c1cc(C(=O)O)c2c(c1)c(CCN)cn2CCCN. The molecule has 1 aromatic carbocycles. The third kappa shape index (κ3) is 3.57. The Kier molecular flexibility index (Phi) is 5.12. The van der Waals surface area contributed by atoms with Gasteiger partial charge in [-0.05, 0) is 54.6 Å². The van der Waals surface area contributed by atoms with E-state index in [0.29, 0.717) is 25.2 Å². The molecule has 0 amide bonds. The second-order valence-electron chi connectivity index (χ2n) is 7.00. The van der Waals surface area contributed by atoms with Gasteiger partial charge in [0.2, 0.25) is 0 Å². The van der Waals surface area contributed by atoms with Crippen LogP contribution in [-0.4, -0.2) is 28.7 Å². The third-order valence-electron chi connectivity index (χ3n) is 4.17. The lowest BCUT2D eigenvalue weighted by Crippen LogP contribution is -2.14. The summed E-state index contributed by atoms with van der Waals surface area (Å²) in [6.07, 6.45) is 3.58. The third-order valence-corrected chi connectivity index (χ3v) is 4.17. The monoisotopic (exact) mass is 317 g/mol. The van der Waals surface area contributed by atoms with Gasteiger partial charge in [-0.2, -0.15) is 0 Å². The summed E-state index contributed by atoms with van der Waals surface area (Å²) in [5, 5.41) is 10.7. The van der Waals surface area contributed by atoms with Crippen LogP contribution < -0.4 is 11.5 Å². The van der Waals surface area contributed by atoms with Crippen molar-refractivity contribution in [3.05, 3.63) is 35.0 Å². The molecule has 0 spiro atoms. The first-order valence-electron chi connectivity index (χ1n) is 8.09. The molecule has 5 N–H and O–H groups in total. The van der Waals surface area contributed by atoms with Gasteiger partial charge >= 0.3 is 5.97 Å². The molecule has 0 aliphatic rings. The van der Waals surface area contributed by atoms with Crippen LogP contribution in [-0.2, 0) is 18.4 Å². The van der Waals surface area contributed by atoms with E-state index in [2.05, 4.69) is 26.8 Å². The Balaban J connectivity index is 2.77. The van der Waals surface area contributed by atoms with Gasteiger partial charge < -0.3 is 21.1 Å². The fourth-order valence-electron chi connectivity index (χ4n) is 2.90. The number of nitrogens with two attached hydrogens (primary N) is 2. The highest BCUT2D eigenvalue weighted by Crippen LogP contribution is 2.32. The van der Waals surface area contributed by atoms with E-state index in [1.165, 1.54) is 0 Å². The number of carbonyl (C=O) groups is 1. The molecule has 5 nitrogen and oxygen atoms in total. The van der Waals surface area contributed by atoms with Crippen LogP contribution in [0.25, 0.3) is 10.9 Å². The minimum Gasteiger partial charge on any atom is -0.478 e. The van der Waals surface area contributed by atoms with Crippen molar-refractivity contribution in [3.63, 3.8) is 0 Å². The Morgan fingerprint density at radius 2 is 1.91 bits per heavy atom. The Morgan fingerprint density at radius 1 is 1.22 bits per heavy atom. The topological polar surface area (TPSA) is 94.3 Å². The van der Waals surface area contributed by atoms with E-state index in [0.717, 1.165) is 34.9 Å². The fourth-order valence-corrected chi connectivity index (χ4v) is 2.90. The maximum Gasteiger partial charge on any atom is 0.337 e. The summed E-state index contributed by atoms with van der Waals surface area (Å²) in [4.78, 5) is 11.8. The van der Waals surface area contributed by atoms with Gasteiger partial charge in [0.15, 0.2) is 0 Å². The summed E-state index contributed by atoms with van der Waals surface area (Å²) in [6.45, 7) is 8.11. The Bertz CT molecular complexity index is 711. The fraction of sp³-hybridized carbons (Fsp3) is 0.500. The number of hydrogen-bond donors (Lipinski definition) is 3. The van der Waals surface area contributed by atoms with E-state index < -0.39 is 5.97 Å². The molecule has 0 fully saturated rings. The minimum atomic E-state index is -0.896. The molecular formula is C18H27N3O2. The average molecular weight is 317 g/mol. The van der Waals surface area contributed by atoms with Gasteiger partial charge in [0, 0.05) is 18.1 Å². The van der Waals surface area contributed by atoms with Crippen LogP contribution in [0.15, 0.2) is 18.3 Å². The molecule has 2 aromatic rings. The molecule has 0 aliphatic heterocycles. The number of hydrogen-bond acceptors (Lipinski definition) is 3. The second kappa shape index (κ2) is 6.72. The van der Waals surface area contributed by atoms with Gasteiger partial charge in [-0.15, -0.1) is 0 Å². The lowest BCUT2D eigenvalue weighted by Gasteiger charge is -2.20. The number of rotatable bonds is 6. The van der Waals surface area contributed by atoms with E-state index in [1.807, 2.05) is 10.8 Å². The largest absolute Gasteiger partial charge is 0.478 e. The number of carboxylic acid groups (broad SMARTS) is 1. The van der Waals surface area contributed by atoms with Crippen LogP contribution in [0, 0.1) is 0 Å². The van der Waals surface area contributed by atoms with Crippen molar-refractivity contribution >= 4 is 16.9 Å². The van der Waals surface area contributed by atoms with Gasteiger partial charge in [0.05, 0.1) is 11.1 Å². The zero-order valence-electron chi connectivity index (χ0n) is 14.2. The van der Waals surface area contributed by atoms with Crippen molar-refractivity contribution in [1.82, 2.24) is 4.57 Å². The van der Waals surface area contributed by atoms with Gasteiger partial charge in [-0.3, -0.25) is 0 Å². The molecule has 23 heavy (non-hydrogen) atoms. The van der Waals surface area contributed by atoms with Crippen molar-refractivity contribution < 1.29 is 9.90 Å². The highest BCUT2D eigenvalue weighted by atomic mass is 16.4. The number of aromatic carboxylic acids is 1. The molecule has 0 unspecified atom stereocenters. The molecular weight excluding hydrogens is 290 g/mol. The highest BCUT2D eigenvalue weighted by Gasteiger charge is 2.22. The highest BCUT2D eigenvalue weighted by molar-refractivity contribution is 6.04. The molecule has 0 aliphatic carbocycles. The number of fused-ring (bicyclic) bond motifs is 1. The average Bonchev–Trinajstić information content (AvgIpc) is 2.81. The van der Waals surface area contributed by atoms with E-state index in [9.17, 15) is 9.90 Å². The molecule has 1 heterocycles. The number of benzene rings is 1. The van der Waals surface area contributed by atoms with Crippen LogP contribution in [0.3, 0.4) is 0 Å². The number of aryl methyl sites for hydroxylation is 1. The Morgan fingerprint density at radius 3 is 2.43 bits per heavy atom. The van der Waals surface area contributed by atoms with Gasteiger partial charge in [0.1, 0.15) is 0 Å². The maximum atomic E-state index is 11.8. The Hall–Kier alpha value is -1.85. The van der Waals surface area contributed by atoms with Crippen LogP contribution >= 0.6 is 0 Å². The number of nitrogens with zero attached hydrogens (tertiary/aromatic N) is 1. The maximum absolute atomic E-state index is 11.8. The first kappa shape index (κ1) is 17.5. The zero-order valence-corrected chi connectivity index (χ0v) is 14.2. The molecule has 2 rings (SSSR count). The van der Waals surface area contributed by atoms with Crippen LogP contribution in [0.4, 0.5) is 0 Å². The van der Waals surface area contributed by atoms with Crippen LogP contribution in [0.2, 0.25) is 0 Å². The smallest absolute Gasteiger partial charge is 0.337 e. The van der Waals surface area contributed by atoms with E-state index >= 15 is 0 Å². The molecule has 5 heteroatoms. The summed E-state index contributed by atoms with van der Waals surface area (Å²) in [7, 11) is 0. The first-order chi connectivity index (χ1) is 10.8. The van der Waals surface area contributed by atoms with Gasteiger partial charge in [-0.1, -0.05) is 20.8 Å². The summed E-state index contributed by atoms with van der Waals surface area (Å²) < 4.78 is 2.02. The van der Waals surface area contributed by atoms with E-state index in [-0.39, 0.29) is 5.41 Å². The lowest BCUT2D eigenvalue weighted by atomic mass is 9.85. The van der Waals surface area contributed by atoms with Gasteiger partial charge in [0.25, 0.3) is 0 Å². The van der Waals surface area contributed by atoms with Crippen molar-refractivity contribution in [2.45, 2.75) is 45.6 Å². The summed E-state index contributed by atoms with van der Waals surface area (Å²) in [5.41, 5.74) is 14.5. The summed E-state index contributed by atoms with van der Waals surface area (Å²) in [5.74, 6) is -0.896. The molecule has 0 bridgehead atoms. The zero-order chi connectivity index (χ0) is 17.2. The molecule has 0 saturated heterocycles. The summed E-state index contributed by atoms with van der Waals surface area (Å²) >= 11 is 0. The second-order valence-corrected chi connectivity index (χ2v) is 7.00. The quantitative estimate of drug-likeness (QED) is 0.763. The van der Waals surface area contributed by atoms with Gasteiger partial charge in [-0.25, -0.2) is 4.79 Å². The van der Waals surface area contributed by atoms with Crippen molar-refractivity contribution in [3.8, 4) is 0 Å². The van der Waals surface area contributed by atoms with Crippen molar-refractivity contribution in [2.24, 2.45) is 11.5 Å². The lowest BCUT2D eigenvalue weighted by molar-refractivity contribution is 0.0698. The van der Waals surface area contributed by atoms with Crippen molar-refractivity contribution in [2.75, 3.05) is 13.1 Å². The molecule has 1 aromatic heterocycles. The van der Waals surface area contributed by atoms with E-state index in [1.54, 1.807) is 6.07 Å². The molecule has 0 atom stereocenters. The molecule has 126 valence electrons. The Labute approximate surface area is 137 Å². The van der Waals surface area contributed by atoms with Crippen LogP contribution in [0.5, 0.6) is 0 Å². The predicted molar refractivity (Wildman–Crippen MR) is 94.0 cm³/mol. The normalized spacial score (nSPS) is 12.0. The predicted octanol–water partition coefficient (Wildman–Crippen LogP) is 2.49. The van der Waals surface area contributed by atoms with Crippen molar-refractivity contribution in [1.29, 1.82) is 0 Å². The van der Waals surface area contributed by atoms with E-state index in [4.69, 9.17) is 11.5 Å². The molecule has 0 saturated carbocycles.